The van der Waals surface area contributed by atoms with Crippen molar-refractivity contribution in [3.63, 3.8) is 0 Å². The van der Waals surface area contributed by atoms with Gasteiger partial charge in [0, 0.05) is 0 Å². The Morgan fingerprint density at radius 1 is 1.21 bits per heavy atom. The molecule has 0 aromatic heterocycles. The number of aliphatic hydroxyl groups is 3. The monoisotopic (exact) mass is 230 g/mol. The predicted octanol–water partition coefficient (Wildman–Crippen LogP) is -2.47. The second kappa shape index (κ2) is 4.21. The normalized spacial score (nSPS) is 38.9. The number of rotatable bonds is 3. The summed E-state index contributed by atoms with van der Waals surface area (Å²) in [6, 6.07) is 0. The topological polar surface area (TPSA) is 137 Å². The van der Waals surface area contributed by atoms with Crippen molar-refractivity contribution in [3.8, 4) is 0 Å². The van der Waals surface area contributed by atoms with Crippen molar-refractivity contribution in [2.75, 3.05) is 6.61 Å². The van der Waals surface area contributed by atoms with Gasteiger partial charge in [0.2, 0.25) is 0 Å². The van der Waals surface area contributed by atoms with Crippen LogP contribution in [0.5, 0.6) is 0 Å². The van der Waals surface area contributed by atoms with Crippen LogP contribution in [-0.4, -0.2) is 56.3 Å². The average molecular weight is 230 g/mol. The summed E-state index contributed by atoms with van der Waals surface area (Å²) in [6.07, 6.45) is -5.67. The lowest BCUT2D eigenvalue weighted by molar-refractivity contribution is -0.132. The van der Waals surface area contributed by atoms with Crippen molar-refractivity contribution < 1.29 is 38.9 Å². The van der Waals surface area contributed by atoms with E-state index in [1.165, 1.54) is 0 Å². The highest BCUT2D eigenvalue weighted by molar-refractivity contribution is 7.46. The maximum Gasteiger partial charge on any atom is 0.469 e. The van der Waals surface area contributed by atoms with Crippen LogP contribution in [0, 0.1) is 0 Å². The molecule has 1 saturated heterocycles. The molecule has 8 nitrogen and oxygen atoms in total. The summed E-state index contributed by atoms with van der Waals surface area (Å²) in [6.45, 7) is -0.612. The zero-order valence-electron chi connectivity index (χ0n) is 6.92. The maximum absolute atomic E-state index is 10.3. The SMILES string of the molecule is O=P(O)(O)OC[C@H]1O[C@@H](O)C(O)[C@H]1O. The van der Waals surface area contributed by atoms with Gasteiger partial charge < -0.3 is 29.8 Å². The molecule has 14 heavy (non-hydrogen) atoms. The Kier molecular flexibility index (Phi) is 3.62. The Labute approximate surface area is 78.9 Å². The minimum absolute atomic E-state index is 0.612. The van der Waals surface area contributed by atoms with Crippen molar-refractivity contribution in [2.24, 2.45) is 0 Å². The van der Waals surface area contributed by atoms with Crippen molar-refractivity contribution >= 4 is 7.82 Å². The van der Waals surface area contributed by atoms with Gasteiger partial charge in [-0.1, -0.05) is 0 Å². The molecule has 0 radical (unpaired) electrons. The molecule has 0 amide bonds. The van der Waals surface area contributed by atoms with E-state index in [9.17, 15) is 4.57 Å². The first kappa shape index (κ1) is 12.0. The molecule has 1 aliphatic rings. The third-order valence-corrected chi connectivity index (χ3v) is 2.23. The summed E-state index contributed by atoms with van der Waals surface area (Å²) in [4.78, 5) is 16.6. The summed E-state index contributed by atoms with van der Waals surface area (Å²) in [5.41, 5.74) is 0. The highest BCUT2D eigenvalue weighted by Gasteiger charge is 2.42. The molecule has 0 saturated carbocycles. The van der Waals surface area contributed by atoms with E-state index in [0.29, 0.717) is 0 Å². The first-order valence-corrected chi connectivity index (χ1v) is 5.24. The molecular weight excluding hydrogens is 219 g/mol. The molecule has 1 aliphatic heterocycles. The highest BCUT2D eigenvalue weighted by atomic mass is 31.2. The summed E-state index contributed by atoms with van der Waals surface area (Å²) < 4.78 is 18.9. The number of hydrogen-bond donors (Lipinski definition) is 5. The molecule has 1 rings (SSSR count). The standard InChI is InChI=1S/C5H11O8P/c6-3-2(1-12-14(9,10)11)13-5(8)4(3)7/h2-8H,1H2,(H2,9,10,11)/t2-,3+,4?,5-/m1/s1. The van der Waals surface area contributed by atoms with E-state index in [1.54, 1.807) is 0 Å². The fraction of sp³-hybridized carbons (Fsp3) is 1.00. The van der Waals surface area contributed by atoms with Gasteiger partial charge in [0.15, 0.2) is 6.29 Å². The minimum Gasteiger partial charge on any atom is -0.387 e. The van der Waals surface area contributed by atoms with E-state index in [4.69, 9.17) is 25.1 Å². The molecule has 4 atom stereocenters. The Bertz CT molecular complexity index is 238. The molecule has 0 spiro atoms. The van der Waals surface area contributed by atoms with Gasteiger partial charge in [0.25, 0.3) is 0 Å². The van der Waals surface area contributed by atoms with Gasteiger partial charge in [-0.15, -0.1) is 0 Å². The molecule has 0 aromatic carbocycles. The fourth-order valence-electron chi connectivity index (χ4n) is 1.04. The van der Waals surface area contributed by atoms with Gasteiger partial charge in [-0.3, -0.25) is 4.52 Å². The Morgan fingerprint density at radius 3 is 2.14 bits per heavy atom. The van der Waals surface area contributed by atoms with E-state index >= 15 is 0 Å². The minimum atomic E-state index is -4.64. The van der Waals surface area contributed by atoms with Crippen LogP contribution in [0.1, 0.15) is 0 Å². The molecule has 0 bridgehead atoms. The van der Waals surface area contributed by atoms with Crippen molar-refractivity contribution in [1.29, 1.82) is 0 Å². The summed E-state index contributed by atoms with van der Waals surface area (Å²) >= 11 is 0. The van der Waals surface area contributed by atoms with Crippen LogP contribution in [-0.2, 0) is 13.8 Å². The largest absolute Gasteiger partial charge is 0.469 e. The summed E-state index contributed by atoms with van der Waals surface area (Å²) in [7, 11) is -4.64. The zero-order valence-corrected chi connectivity index (χ0v) is 7.82. The van der Waals surface area contributed by atoms with Gasteiger partial charge in [0.05, 0.1) is 6.61 Å². The van der Waals surface area contributed by atoms with Crippen LogP contribution in [0.2, 0.25) is 0 Å². The van der Waals surface area contributed by atoms with Gasteiger partial charge in [0.1, 0.15) is 18.3 Å². The zero-order chi connectivity index (χ0) is 10.9. The smallest absolute Gasteiger partial charge is 0.387 e. The van der Waals surface area contributed by atoms with Crippen LogP contribution in [0.25, 0.3) is 0 Å². The molecule has 1 fully saturated rings. The van der Waals surface area contributed by atoms with E-state index < -0.39 is 39.0 Å². The van der Waals surface area contributed by atoms with Crippen LogP contribution < -0.4 is 0 Å². The first-order chi connectivity index (χ1) is 6.31. The molecule has 0 aliphatic carbocycles. The number of ether oxygens (including phenoxy) is 1. The van der Waals surface area contributed by atoms with E-state index in [0.717, 1.165) is 0 Å². The van der Waals surface area contributed by atoms with Crippen LogP contribution in [0.3, 0.4) is 0 Å². The Hall–Kier alpha value is -0.0500. The lowest BCUT2D eigenvalue weighted by atomic mass is 10.1. The number of phosphoric ester groups is 1. The van der Waals surface area contributed by atoms with E-state index in [-0.39, 0.29) is 0 Å². The molecule has 1 unspecified atom stereocenters. The highest BCUT2D eigenvalue weighted by Crippen LogP contribution is 2.36. The third-order valence-electron chi connectivity index (χ3n) is 1.74. The fourth-order valence-corrected chi connectivity index (χ4v) is 1.38. The Morgan fingerprint density at radius 2 is 1.79 bits per heavy atom. The maximum atomic E-state index is 10.3. The second-order valence-corrected chi connectivity index (χ2v) is 4.07. The van der Waals surface area contributed by atoms with Gasteiger partial charge >= 0.3 is 7.82 Å². The van der Waals surface area contributed by atoms with Gasteiger partial charge in [-0.25, -0.2) is 4.57 Å². The molecular formula is C5H11O8P. The Balaban J connectivity index is 2.44. The quantitative estimate of drug-likeness (QED) is 0.336. The number of aliphatic hydroxyl groups excluding tert-OH is 3. The molecule has 0 aromatic rings. The van der Waals surface area contributed by atoms with Gasteiger partial charge in [-0.2, -0.15) is 0 Å². The van der Waals surface area contributed by atoms with Crippen molar-refractivity contribution in [1.82, 2.24) is 0 Å². The summed E-state index contributed by atoms with van der Waals surface area (Å²) in [5, 5.41) is 27.0. The second-order valence-electron chi connectivity index (χ2n) is 2.83. The first-order valence-electron chi connectivity index (χ1n) is 3.71. The van der Waals surface area contributed by atoms with Gasteiger partial charge in [-0.05, 0) is 0 Å². The molecule has 5 N–H and O–H groups in total. The number of hydrogen-bond acceptors (Lipinski definition) is 6. The average Bonchev–Trinajstić information content (AvgIpc) is 2.28. The lowest BCUT2D eigenvalue weighted by Gasteiger charge is -2.14. The predicted molar refractivity (Wildman–Crippen MR) is 40.9 cm³/mol. The van der Waals surface area contributed by atoms with Crippen LogP contribution >= 0.6 is 7.82 Å². The van der Waals surface area contributed by atoms with Crippen molar-refractivity contribution in [3.05, 3.63) is 0 Å². The van der Waals surface area contributed by atoms with Crippen LogP contribution in [0.4, 0.5) is 0 Å². The molecule has 84 valence electrons. The van der Waals surface area contributed by atoms with Crippen molar-refractivity contribution in [2.45, 2.75) is 24.6 Å². The van der Waals surface area contributed by atoms with E-state index in [2.05, 4.69) is 9.26 Å². The third kappa shape index (κ3) is 2.97. The lowest BCUT2D eigenvalue weighted by Crippen LogP contribution is -2.34. The molecule has 1 heterocycles. The summed E-state index contributed by atoms with van der Waals surface area (Å²) in [5.74, 6) is 0. The van der Waals surface area contributed by atoms with Crippen LogP contribution in [0.15, 0.2) is 0 Å². The van der Waals surface area contributed by atoms with E-state index in [1.807, 2.05) is 0 Å². The molecule has 9 heteroatoms. The number of phosphoric acid groups is 1.